The average molecular weight is 450 g/mol. The van der Waals surface area contributed by atoms with E-state index in [1.54, 1.807) is 49.4 Å². The molecule has 33 heavy (non-hydrogen) atoms. The number of rotatable bonds is 5. The van der Waals surface area contributed by atoms with E-state index < -0.39 is 11.4 Å². The molecule has 8 heteroatoms. The van der Waals surface area contributed by atoms with Crippen LogP contribution in [-0.2, 0) is 4.74 Å². The number of hydrogen-bond donors (Lipinski definition) is 3. The first-order chi connectivity index (χ1) is 15.7. The summed E-state index contributed by atoms with van der Waals surface area (Å²) in [5.41, 5.74) is 1.26. The van der Waals surface area contributed by atoms with Crippen LogP contribution in [0.1, 0.15) is 29.4 Å². The SMILES string of the molecule is COc1cc(/C=C/c2cc3c(c(=O)o2)/C(=C/c2ccc(O)c(O)c2)[C@](C)(OC)O3)ccc1O. The Bertz CT molecular complexity index is 1330. The van der Waals surface area contributed by atoms with Gasteiger partial charge in [0, 0.05) is 25.7 Å². The van der Waals surface area contributed by atoms with Crippen LogP contribution in [0.3, 0.4) is 0 Å². The Balaban J connectivity index is 1.74. The van der Waals surface area contributed by atoms with Gasteiger partial charge in [-0.2, -0.15) is 0 Å². The molecule has 3 N–H and O–H groups in total. The minimum atomic E-state index is -1.27. The molecule has 1 aliphatic heterocycles. The number of aromatic hydroxyl groups is 3. The van der Waals surface area contributed by atoms with Gasteiger partial charge in [-0.1, -0.05) is 18.2 Å². The fourth-order valence-electron chi connectivity index (χ4n) is 3.51. The highest BCUT2D eigenvalue weighted by molar-refractivity contribution is 5.90. The molecule has 2 heterocycles. The molecule has 0 fully saturated rings. The maximum absolute atomic E-state index is 12.9. The molecule has 3 aromatic rings. The van der Waals surface area contributed by atoms with Gasteiger partial charge in [0.05, 0.1) is 7.11 Å². The van der Waals surface area contributed by atoms with Gasteiger partial charge in [-0.25, -0.2) is 4.79 Å². The van der Waals surface area contributed by atoms with Crippen molar-refractivity contribution in [2.45, 2.75) is 12.7 Å². The van der Waals surface area contributed by atoms with Gasteiger partial charge in [0.2, 0.25) is 5.79 Å². The summed E-state index contributed by atoms with van der Waals surface area (Å²) < 4.78 is 22.1. The standard InChI is InChI=1S/C25H22O8/c1-25(31-3)17(10-15-6-8-18(26)20(28)11-15)23-22(33-25)13-16(32-24(23)29)7-4-14-5-9-19(27)21(12-14)30-2/h4-13,26-28H,1-3H3/b7-4+,17-10-/t25-/m1/s1. The second-order valence-corrected chi connectivity index (χ2v) is 7.50. The van der Waals surface area contributed by atoms with Crippen molar-refractivity contribution in [2.75, 3.05) is 14.2 Å². The molecule has 4 rings (SSSR count). The van der Waals surface area contributed by atoms with E-state index in [1.807, 2.05) is 0 Å². The molecule has 0 saturated heterocycles. The van der Waals surface area contributed by atoms with E-state index in [9.17, 15) is 20.1 Å². The third kappa shape index (κ3) is 4.16. The van der Waals surface area contributed by atoms with E-state index >= 15 is 0 Å². The quantitative estimate of drug-likeness (QED) is 0.494. The lowest BCUT2D eigenvalue weighted by Crippen LogP contribution is -2.31. The Morgan fingerprint density at radius 2 is 1.64 bits per heavy atom. The maximum Gasteiger partial charge on any atom is 0.347 e. The number of hydrogen-bond acceptors (Lipinski definition) is 8. The molecule has 0 bridgehead atoms. The largest absolute Gasteiger partial charge is 0.504 e. The van der Waals surface area contributed by atoms with Crippen molar-refractivity contribution in [1.82, 2.24) is 0 Å². The Labute approximate surface area is 189 Å². The topological polar surface area (TPSA) is 119 Å². The predicted octanol–water partition coefficient (Wildman–Crippen LogP) is 4.23. The minimum Gasteiger partial charge on any atom is -0.504 e. The van der Waals surface area contributed by atoms with Crippen LogP contribution in [0.15, 0.2) is 51.7 Å². The van der Waals surface area contributed by atoms with Crippen LogP contribution in [0.4, 0.5) is 0 Å². The van der Waals surface area contributed by atoms with Gasteiger partial charge in [-0.3, -0.25) is 0 Å². The Kier molecular flexibility index (Phi) is 5.61. The lowest BCUT2D eigenvalue weighted by atomic mass is 9.99. The van der Waals surface area contributed by atoms with Crippen LogP contribution in [0.25, 0.3) is 23.8 Å². The molecular formula is C25H22O8. The third-order valence-corrected chi connectivity index (χ3v) is 5.34. The molecule has 0 aliphatic carbocycles. The molecule has 2 aromatic carbocycles. The van der Waals surface area contributed by atoms with Crippen LogP contribution >= 0.6 is 0 Å². The molecule has 1 aromatic heterocycles. The van der Waals surface area contributed by atoms with E-state index in [4.69, 9.17) is 18.6 Å². The Morgan fingerprint density at radius 1 is 0.909 bits per heavy atom. The van der Waals surface area contributed by atoms with Crippen molar-refractivity contribution in [3.05, 3.63) is 75.3 Å². The van der Waals surface area contributed by atoms with Gasteiger partial charge >= 0.3 is 5.63 Å². The molecular weight excluding hydrogens is 428 g/mol. The molecule has 1 atom stereocenters. The summed E-state index contributed by atoms with van der Waals surface area (Å²) in [5.74, 6) is -0.926. The van der Waals surface area contributed by atoms with Gasteiger partial charge in [-0.15, -0.1) is 0 Å². The molecule has 0 radical (unpaired) electrons. The van der Waals surface area contributed by atoms with E-state index in [1.165, 1.54) is 32.4 Å². The van der Waals surface area contributed by atoms with Crippen LogP contribution in [0.2, 0.25) is 0 Å². The van der Waals surface area contributed by atoms with Gasteiger partial charge < -0.3 is 33.9 Å². The molecule has 0 spiro atoms. The molecule has 0 unspecified atom stereocenters. The van der Waals surface area contributed by atoms with E-state index in [0.717, 1.165) is 5.56 Å². The Morgan fingerprint density at radius 3 is 2.33 bits per heavy atom. The van der Waals surface area contributed by atoms with Crippen LogP contribution < -0.4 is 15.1 Å². The van der Waals surface area contributed by atoms with E-state index in [-0.39, 0.29) is 34.3 Å². The maximum atomic E-state index is 12.9. The lowest BCUT2D eigenvalue weighted by molar-refractivity contribution is -0.0912. The number of methoxy groups -OCH3 is 2. The molecule has 0 amide bonds. The first-order valence-electron chi connectivity index (χ1n) is 9.96. The second-order valence-electron chi connectivity index (χ2n) is 7.50. The van der Waals surface area contributed by atoms with Crippen LogP contribution in [-0.4, -0.2) is 35.3 Å². The van der Waals surface area contributed by atoms with E-state index in [2.05, 4.69) is 0 Å². The zero-order chi connectivity index (χ0) is 23.8. The summed E-state index contributed by atoms with van der Waals surface area (Å²) in [6.45, 7) is 1.66. The minimum absolute atomic E-state index is 0.0206. The normalized spacial score (nSPS) is 18.5. The predicted molar refractivity (Wildman–Crippen MR) is 122 cm³/mol. The molecule has 1 aliphatic rings. The van der Waals surface area contributed by atoms with Crippen molar-refractivity contribution < 1.29 is 33.9 Å². The third-order valence-electron chi connectivity index (χ3n) is 5.34. The number of benzene rings is 2. The monoisotopic (exact) mass is 450 g/mol. The zero-order valence-corrected chi connectivity index (χ0v) is 18.2. The van der Waals surface area contributed by atoms with Gasteiger partial charge in [0.1, 0.15) is 17.1 Å². The molecule has 170 valence electrons. The first-order valence-corrected chi connectivity index (χ1v) is 9.96. The summed E-state index contributed by atoms with van der Waals surface area (Å²) in [5, 5.41) is 29.1. The van der Waals surface area contributed by atoms with Crippen molar-refractivity contribution in [3.63, 3.8) is 0 Å². The summed E-state index contributed by atoms with van der Waals surface area (Å²) in [7, 11) is 2.91. The number of phenols is 3. The fourth-order valence-corrected chi connectivity index (χ4v) is 3.51. The fraction of sp³-hybridized carbons (Fsp3) is 0.160. The van der Waals surface area contributed by atoms with Crippen molar-refractivity contribution in [2.24, 2.45) is 0 Å². The highest BCUT2D eigenvalue weighted by Gasteiger charge is 2.43. The zero-order valence-electron chi connectivity index (χ0n) is 18.2. The summed E-state index contributed by atoms with van der Waals surface area (Å²) in [4.78, 5) is 12.9. The summed E-state index contributed by atoms with van der Waals surface area (Å²) in [6.07, 6.45) is 4.93. The van der Waals surface area contributed by atoms with Crippen molar-refractivity contribution in [3.8, 4) is 28.7 Å². The summed E-state index contributed by atoms with van der Waals surface area (Å²) >= 11 is 0. The molecule has 0 saturated carbocycles. The van der Waals surface area contributed by atoms with Gasteiger partial charge in [-0.05, 0) is 47.5 Å². The van der Waals surface area contributed by atoms with Crippen molar-refractivity contribution >= 4 is 23.8 Å². The second kappa shape index (κ2) is 8.40. The number of phenolic OH excluding ortho intramolecular Hbond substituents is 3. The van der Waals surface area contributed by atoms with Crippen LogP contribution in [0.5, 0.6) is 28.7 Å². The summed E-state index contributed by atoms with van der Waals surface area (Å²) in [6, 6.07) is 10.7. The number of fused-ring (bicyclic) bond motifs is 1. The molecule has 8 nitrogen and oxygen atoms in total. The lowest BCUT2D eigenvalue weighted by Gasteiger charge is -2.23. The average Bonchev–Trinajstić information content (AvgIpc) is 3.08. The smallest absolute Gasteiger partial charge is 0.347 e. The Hall–Kier alpha value is -4.17. The van der Waals surface area contributed by atoms with Crippen LogP contribution in [0, 0.1) is 0 Å². The van der Waals surface area contributed by atoms with Crippen molar-refractivity contribution in [1.29, 1.82) is 0 Å². The van der Waals surface area contributed by atoms with Gasteiger partial charge in [0.15, 0.2) is 23.0 Å². The highest BCUT2D eigenvalue weighted by atomic mass is 16.7. The first kappa shape index (κ1) is 22.0. The van der Waals surface area contributed by atoms with Gasteiger partial charge in [0.25, 0.3) is 0 Å². The van der Waals surface area contributed by atoms with E-state index in [0.29, 0.717) is 16.9 Å². The highest BCUT2D eigenvalue weighted by Crippen LogP contribution is 2.44. The number of ether oxygens (including phenoxy) is 3.